The molecule has 0 aliphatic rings. The molecule has 0 radical (unpaired) electrons. The molecule has 1 aromatic heterocycles. The molecule has 0 atom stereocenters. The van der Waals surface area contributed by atoms with E-state index in [1.54, 1.807) is 0 Å². The Hall–Kier alpha value is -5.92. The third-order valence-electron chi connectivity index (χ3n) is 7.01. The Morgan fingerprint density at radius 2 is 0.733 bits per heavy atom. The molecule has 1 heteroatoms. The number of benzene rings is 8. The van der Waals surface area contributed by atoms with Gasteiger partial charge in [-0.2, -0.15) is 0 Å². The minimum Gasteiger partial charge on any atom is -0.456 e. The van der Waals surface area contributed by atoms with Crippen molar-refractivity contribution in [2.75, 3.05) is 0 Å². The maximum absolute atomic E-state index is 9.56. The van der Waals surface area contributed by atoms with E-state index in [0.29, 0.717) is 0 Å². The zero-order valence-electron chi connectivity index (χ0n) is 50.4. The van der Waals surface area contributed by atoms with Crippen LogP contribution in [0, 0.1) is 0 Å². The maximum Gasteiger partial charge on any atom is 0.135 e. The number of fused-ring (bicyclic) bond motifs is 5. The average Bonchev–Trinajstić information content (AvgIpc) is 3.77. The number of rotatable bonds is 4. The molecule has 0 fully saturated rings. The first-order chi connectivity index (χ1) is 34.0. The van der Waals surface area contributed by atoms with E-state index < -0.39 is 257 Å². The highest BCUT2D eigenvalue weighted by Crippen LogP contribution is 2.44. The summed E-state index contributed by atoms with van der Waals surface area (Å²) in [5, 5.41) is -3.97. The molecule has 1 heterocycles. The first-order valence-corrected chi connectivity index (χ1v) is 13.2. The Kier molecular flexibility index (Phi) is 2.32. The second-order valence-corrected chi connectivity index (χ2v) is 9.51. The van der Waals surface area contributed by atoms with E-state index in [9.17, 15) is 15.1 Å². The molecule has 0 saturated carbocycles. The topological polar surface area (TPSA) is 13.1 Å². The van der Waals surface area contributed by atoms with Gasteiger partial charge >= 0.3 is 0 Å². The van der Waals surface area contributed by atoms with Gasteiger partial charge in [0, 0.05) is 10.8 Å². The van der Waals surface area contributed by atoms with E-state index in [1.165, 1.54) is 0 Å². The molecule has 1 nitrogen and oxygen atoms in total. The Morgan fingerprint density at radius 3 is 1.42 bits per heavy atom. The smallest absolute Gasteiger partial charge is 0.135 e. The molecule has 0 unspecified atom stereocenters. The lowest BCUT2D eigenvalue weighted by Gasteiger charge is -2.18. The molecule has 8 aromatic carbocycles. The van der Waals surface area contributed by atoms with E-state index in [2.05, 4.69) is 0 Å². The number of furan rings is 1. The highest BCUT2D eigenvalue weighted by molar-refractivity contribution is 6.21. The van der Waals surface area contributed by atoms with E-state index >= 15 is 0 Å². The fraction of sp³-hybridized carbons (Fsp3) is 0. The highest BCUT2D eigenvalue weighted by Gasteiger charge is 2.17. The fourth-order valence-electron chi connectivity index (χ4n) is 5.08. The molecule has 0 amide bonds. The summed E-state index contributed by atoms with van der Waals surface area (Å²) in [6.07, 6.45) is 0. The average molecular weight is 601 g/mol. The molecule has 0 saturated heterocycles. The summed E-state index contributed by atoms with van der Waals surface area (Å²) < 4.78 is 255. The van der Waals surface area contributed by atoms with Crippen molar-refractivity contribution in [3.8, 4) is 44.5 Å². The predicted octanol–water partition coefficient (Wildman–Crippen LogP) is 12.6. The molecule has 0 spiro atoms. The van der Waals surface area contributed by atoms with Crippen molar-refractivity contribution in [2.24, 2.45) is 0 Å². The van der Waals surface area contributed by atoms with Crippen molar-refractivity contribution in [1.29, 1.82) is 0 Å². The molecule has 9 rings (SSSR count). The van der Waals surface area contributed by atoms with E-state index in [4.69, 9.17) is 27.7 Å². The molecule has 9 aromatic rings. The normalized spacial score (nSPS) is 20.3. The first-order valence-electron chi connectivity index (χ1n) is 27.2. The van der Waals surface area contributed by atoms with Gasteiger partial charge in [-0.1, -0.05) is 145 Å². The van der Waals surface area contributed by atoms with Crippen LogP contribution < -0.4 is 0 Å². The summed E-state index contributed by atoms with van der Waals surface area (Å²) in [6, 6.07) is -26.7. The van der Waals surface area contributed by atoms with Crippen molar-refractivity contribution >= 4 is 43.5 Å². The summed E-state index contributed by atoms with van der Waals surface area (Å²) in [5.74, 6) is 0. The van der Waals surface area contributed by atoms with Crippen molar-refractivity contribution in [2.45, 2.75) is 0 Å². The van der Waals surface area contributed by atoms with Crippen LogP contribution in [0.3, 0.4) is 0 Å². The van der Waals surface area contributed by atoms with Gasteiger partial charge in [0.05, 0.1) is 38.4 Å². The molecular formula is C44H28O. The van der Waals surface area contributed by atoms with Gasteiger partial charge in [-0.15, -0.1) is 0 Å². The monoisotopic (exact) mass is 600 g/mol. The third-order valence-corrected chi connectivity index (χ3v) is 7.01. The Bertz CT molecular complexity index is 3980. The van der Waals surface area contributed by atoms with Crippen molar-refractivity contribution < 1.29 is 42.8 Å². The summed E-state index contributed by atoms with van der Waals surface area (Å²) >= 11 is 0. The number of hydrogen-bond donors (Lipinski definition) is 0. The molecule has 0 N–H and O–H groups in total. The minimum atomic E-state index is -1.10. The number of hydrogen-bond acceptors (Lipinski definition) is 1. The maximum atomic E-state index is 9.56. The summed E-state index contributed by atoms with van der Waals surface area (Å²) in [4.78, 5) is 0. The van der Waals surface area contributed by atoms with Crippen LogP contribution >= 0.6 is 0 Å². The van der Waals surface area contributed by atoms with E-state index in [0.717, 1.165) is 0 Å². The first kappa shape index (κ1) is 10.1. The summed E-state index contributed by atoms with van der Waals surface area (Å²) in [7, 11) is 0. The standard InChI is InChI=1S/C44H28O/c1-2-11-29(12-3-1)32-13-10-14-34(27-32)44-38-18-6-4-16-36(38)43(37-17-5-7-19-39(37)44)31-23-21-30(22-24-31)33-25-26-42-40(28-33)35-15-8-9-20-41(35)45-42/h1-28H/i1D,2D,3D,4D,5D,6D,7D,8D,9D,10D,11D,12D,13D,14D,15D,16D,17D,18D,19D,20D,21D,22D,23D,24D,25D,26D,27D,28D. The predicted molar refractivity (Wildman–Crippen MR) is 190 cm³/mol. The van der Waals surface area contributed by atoms with Gasteiger partial charge in [0.15, 0.2) is 0 Å². The van der Waals surface area contributed by atoms with Gasteiger partial charge in [-0.05, 0) is 90.2 Å². The second kappa shape index (κ2) is 10.4. The fourth-order valence-corrected chi connectivity index (χ4v) is 5.08. The van der Waals surface area contributed by atoms with E-state index in [1.807, 2.05) is 0 Å². The second-order valence-electron chi connectivity index (χ2n) is 9.51. The highest BCUT2D eigenvalue weighted by atomic mass is 16.3. The lowest BCUT2D eigenvalue weighted by Crippen LogP contribution is -1.91. The van der Waals surface area contributed by atoms with Gasteiger partial charge in [-0.3, -0.25) is 0 Å². The molecule has 210 valence electrons. The lowest BCUT2D eigenvalue weighted by atomic mass is 9.85. The van der Waals surface area contributed by atoms with Gasteiger partial charge in [0.1, 0.15) is 11.2 Å². The zero-order valence-corrected chi connectivity index (χ0v) is 22.4. The van der Waals surface area contributed by atoms with Crippen molar-refractivity contribution in [3.05, 3.63) is 169 Å². The molecule has 0 aliphatic carbocycles. The lowest BCUT2D eigenvalue weighted by molar-refractivity contribution is 0.669. The molecular weight excluding hydrogens is 544 g/mol. The largest absolute Gasteiger partial charge is 0.456 e. The summed E-state index contributed by atoms with van der Waals surface area (Å²) in [6.45, 7) is 0. The quantitative estimate of drug-likeness (QED) is 0.183. The van der Waals surface area contributed by atoms with Crippen LogP contribution in [0.25, 0.3) is 88.0 Å². The zero-order chi connectivity index (χ0) is 54.1. The molecule has 45 heavy (non-hydrogen) atoms. The van der Waals surface area contributed by atoms with Crippen LogP contribution in [0.2, 0.25) is 0 Å². The molecule has 0 aliphatic heterocycles. The SMILES string of the molecule is [2H]c1c([2H])c([2H])c(-c2c([2H])c([2H])c([2H])c(-c3c4c([2H])c([2H])c([2H])c([2H])c4c(-c4c([2H])c([2H])c(-c5c([2H])c([2H])c6oc7c([2H])c([2H])c([2H])c([2H])c7c6c5[2H])c([2H])c4[2H])c4c([2H])c([2H])c([2H])c([2H])c34)c2[2H])c([2H])c1[2H]. The minimum absolute atomic E-state index is 0.393. The Morgan fingerprint density at radius 1 is 0.289 bits per heavy atom. The summed E-state index contributed by atoms with van der Waals surface area (Å²) in [5.41, 5.74) is -7.53. The van der Waals surface area contributed by atoms with Crippen LogP contribution in [0.1, 0.15) is 38.4 Å². The van der Waals surface area contributed by atoms with Gasteiger partial charge < -0.3 is 4.42 Å². The van der Waals surface area contributed by atoms with E-state index in [-0.39, 0.29) is 0 Å². The van der Waals surface area contributed by atoms with Crippen LogP contribution in [0.15, 0.2) is 174 Å². The van der Waals surface area contributed by atoms with Gasteiger partial charge in [0.2, 0.25) is 0 Å². The van der Waals surface area contributed by atoms with Gasteiger partial charge in [-0.25, -0.2) is 0 Å². The van der Waals surface area contributed by atoms with Crippen molar-refractivity contribution in [3.63, 3.8) is 0 Å². The van der Waals surface area contributed by atoms with Gasteiger partial charge in [0.25, 0.3) is 0 Å². The van der Waals surface area contributed by atoms with Crippen molar-refractivity contribution in [1.82, 2.24) is 0 Å². The third kappa shape index (κ3) is 4.24. The van der Waals surface area contributed by atoms with Crippen LogP contribution in [0.5, 0.6) is 0 Å². The Labute approximate surface area is 301 Å². The number of para-hydroxylation sites is 1. The van der Waals surface area contributed by atoms with Crippen LogP contribution in [-0.4, -0.2) is 0 Å². The Balaban J connectivity index is 1.51. The van der Waals surface area contributed by atoms with Crippen LogP contribution in [-0.2, 0) is 0 Å². The molecule has 0 bridgehead atoms. The van der Waals surface area contributed by atoms with Crippen LogP contribution in [0.4, 0.5) is 0 Å².